The first kappa shape index (κ1) is 51.7. The van der Waals surface area contributed by atoms with Crippen LogP contribution in [0.15, 0.2) is 26.9 Å². The van der Waals surface area contributed by atoms with E-state index in [0.717, 1.165) is 13.8 Å². The fourth-order valence-electron chi connectivity index (χ4n) is 6.75. The number of aromatic nitrogens is 6. The van der Waals surface area contributed by atoms with Crippen LogP contribution in [0.2, 0.25) is 0 Å². The van der Waals surface area contributed by atoms with Crippen LogP contribution < -0.4 is 22.1 Å². The highest BCUT2D eigenvalue weighted by atomic mass is 31.2. The van der Waals surface area contributed by atoms with Gasteiger partial charge in [0.25, 0.3) is 11.1 Å². The monoisotopic (exact) mass is 955 g/mol. The van der Waals surface area contributed by atoms with Crippen molar-refractivity contribution in [2.45, 2.75) is 77.4 Å². The van der Waals surface area contributed by atoms with Gasteiger partial charge in [-0.1, -0.05) is 13.8 Å². The van der Waals surface area contributed by atoms with Crippen molar-refractivity contribution in [2.24, 2.45) is 5.92 Å². The Bertz CT molecular complexity index is 2430. The van der Waals surface area contributed by atoms with Gasteiger partial charge in [0.15, 0.2) is 35.8 Å². The van der Waals surface area contributed by atoms with E-state index in [0.29, 0.717) is 6.54 Å². The molecule has 0 aromatic carbocycles. The van der Waals surface area contributed by atoms with Crippen LogP contribution in [-0.2, 0) is 60.9 Å². The minimum atomic E-state index is -4.50. The van der Waals surface area contributed by atoms with Gasteiger partial charge in [0, 0.05) is 51.2 Å². The number of phosphoric ester groups is 1. The lowest BCUT2D eigenvalue weighted by molar-refractivity contribution is -0.215. The number of nitriles is 1. The number of anilines is 1. The summed E-state index contributed by atoms with van der Waals surface area (Å²) >= 11 is 0. The van der Waals surface area contributed by atoms with Gasteiger partial charge in [-0.05, 0) is 6.92 Å². The van der Waals surface area contributed by atoms with Crippen LogP contribution in [0.5, 0.6) is 0 Å². The molecule has 66 heavy (non-hydrogen) atoms. The van der Waals surface area contributed by atoms with E-state index in [1.807, 2.05) is 11.0 Å². The van der Waals surface area contributed by atoms with Gasteiger partial charge in [-0.25, -0.2) is 14.3 Å². The second-order valence-electron chi connectivity index (χ2n) is 15.4. The minimum absolute atomic E-state index is 0.0625. The van der Waals surface area contributed by atoms with E-state index in [-0.39, 0.29) is 81.8 Å². The number of ether oxygens (including phenoxy) is 6. The first-order valence-electron chi connectivity index (χ1n) is 20.7. The normalized spacial score (nSPS) is 21.7. The van der Waals surface area contributed by atoms with E-state index >= 15 is 0 Å². The van der Waals surface area contributed by atoms with Gasteiger partial charge >= 0.3 is 25.5 Å². The number of phosphoric acid groups is 1. The molecule has 364 valence electrons. The molecule has 5 heterocycles. The zero-order chi connectivity index (χ0) is 48.2. The molecule has 5 rings (SSSR count). The van der Waals surface area contributed by atoms with Crippen molar-refractivity contribution in [3.63, 3.8) is 0 Å². The predicted molar refractivity (Wildman–Crippen MR) is 223 cm³/mol. The summed E-state index contributed by atoms with van der Waals surface area (Å²) in [6.45, 7) is 5.40. The van der Waals surface area contributed by atoms with Crippen molar-refractivity contribution >= 4 is 42.8 Å². The molecule has 1 unspecified atom stereocenters. The number of rotatable bonds is 24. The van der Waals surface area contributed by atoms with Crippen LogP contribution in [0, 0.1) is 24.2 Å². The molecule has 2 saturated heterocycles. The number of aryl methyl sites for hydroxylation is 1. The number of H-pyrrole nitrogens is 2. The van der Waals surface area contributed by atoms with Gasteiger partial charge in [-0.2, -0.15) is 10.2 Å². The highest BCUT2D eigenvalue weighted by Gasteiger charge is 2.51. The number of nitrogens with one attached hydrogen (secondary N) is 3. The van der Waals surface area contributed by atoms with Gasteiger partial charge in [-0.3, -0.25) is 66.9 Å². The molecule has 0 saturated carbocycles. The first-order valence-corrected chi connectivity index (χ1v) is 22.2. The number of hydrogen-bond donors (Lipinski definition) is 5. The number of carbonyl (C=O) groups is 3. The molecule has 1 amide bonds. The lowest BCUT2D eigenvalue weighted by Crippen LogP contribution is -2.59. The Balaban J connectivity index is 1.17. The number of hydrogen-bond acceptors (Lipinski definition) is 22. The highest BCUT2D eigenvalue weighted by Crippen LogP contribution is 2.50. The minimum Gasteiger partial charge on any atom is -0.456 e. The van der Waals surface area contributed by atoms with Crippen molar-refractivity contribution in [3.8, 4) is 6.07 Å². The summed E-state index contributed by atoms with van der Waals surface area (Å²) in [5.74, 6) is -2.72. The molecular formula is C38H54N9O18P. The molecule has 3 aromatic rings. The Morgan fingerprint density at radius 1 is 0.970 bits per heavy atom. The lowest BCUT2D eigenvalue weighted by atomic mass is 10.0. The summed E-state index contributed by atoms with van der Waals surface area (Å²) in [6.07, 6.45) is -4.09. The quantitative estimate of drug-likeness (QED) is 0.0408. The molecule has 28 heteroatoms. The maximum atomic E-state index is 13.8. The summed E-state index contributed by atoms with van der Waals surface area (Å²) in [4.78, 5) is 89.3. The number of aliphatic hydroxyl groups is 2. The van der Waals surface area contributed by atoms with Crippen LogP contribution >= 0.6 is 7.82 Å². The Hall–Kier alpha value is -5.24. The van der Waals surface area contributed by atoms with Crippen LogP contribution in [0.1, 0.15) is 52.1 Å². The van der Waals surface area contributed by atoms with E-state index in [4.69, 9.17) is 47.3 Å². The summed E-state index contributed by atoms with van der Waals surface area (Å²) in [5.41, 5.74) is -3.36. The third-order valence-corrected chi connectivity index (χ3v) is 11.4. The average molecular weight is 956 g/mol. The average Bonchev–Trinajstić information content (AvgIpc) is 3.83. The van der Waals surface area contributed by atoms with Gasteiger partial charge < -0.3 is 38.6 Å². The van der Waals surface area contributed by atoms with Gasteiger partial charge in [0.2, 0.25) is 11.9 Å². The van der Waals surface area contributed by atoms with Crippen LogP contribution in [0.4, 0.5) is 5.95 Å². The van der Waals surface area contributed by atoms with E-state index in [1.54, 1.807) is 13.8 Å². The maximum absolute atomic E-state index is 13.8. The summed E-state index contributed by atoms with van der Waals surface area (Å²) < 4.78 is 67.1. The molecule has 0 spiro atoms. The van der Waals surface area contributed by atoms with Crippen molar-refractivity contribution in [2.75, 3.05) is 84.4 Å². The smallest absolute Gasteiger partial charge is 0.456 e. The Morgan fingerprint density at radius 2 is 1.64 bits per heavy atom. The standard InChI is InChI=1S/C38H54N9O18P/c1-22(2)32(52)42-36-41-31-28(34(54)43-36)40-21-47(31)35-30(63-25(5)51)29(62-24(4)50)26(64-35)17-61-66(56,59-9-6-7-39)60-14-13-58-12-11-57-10-8-45-16-27(65-38(18-45,19-48)20-49)46-15-23(3)33(53)44-37(46)55/h15,21-22,26-27,29-30,35,48-49H,6,8-14,16-20H2,1-5H3,(H,44,53,55)(H2,41,42,43,52,54)/t26-,27-,29-,30-,35-,66?/m1/s1. The molecule has 2 aliphatic rings. The molecule has 27 nitrogen and oxygen atoms in total. The van der Waals surface area contributed by atoms with E-state index < -0.39 is 105 Å². The third-order valence-electron chi connectivity index (χ3n) is 9.97. The van der Waals surface area contributed by atoms with Gasteiger partial charge in [0.1, 0.15) is 11.7 Å². The highest BCUT2D eigenvalue weighted by molar-refractivity contribution is 7.48. The number of morpholine rings is 1. The van der Waals surface area contributed by atoms with Crippen LogP contribution in [0.25, 0.3) is 11.2 Å². The largest absolute Gasteiger partial charge is 0.474 e. The summed E-state index contributed by atoms with van der Waals surface area (Å²) in [5, 5.41) is 31.7. The molecule has 5 N–H and O–H groups in total. The number of carbonyl (C=O) groups excluding carboxylic acids is 3. The van der Waals surface area contributed by atoms with E-state index in [1.165, 1.54) is 28.6 Å². The molecule has 0 aliphatic carbocycles. The first-order chi connectivity index (χ1) is 31.4. The Morgan fingerprint density at radius 3 is 2.30 bits per heavy atom. The maximum Gasteiger partial charge on any atom is 0.474 e. The van der Waals surface area contributed by atoms with Crippen molar-refractivity contribution in [1.82, 2.24) is 34.0 Å². The molecule has 0 radical (unpaired) electrons. The summed E-state index contributed by atoms with van der Waals surface area (Å²) in [6, 6.07) is 1.85. The number of imidazole rings is 1. The number of amides is 1. The molecule has 2 aliphatic heterocycles. The molecule has 3 aromatic heterocycles. The molecule has 6 atom stereocenters. The van der Waals surface area contributed by atoms with Gasteiger partial charge in [-0.15, -0.1) is 0 Å². The third kappa shape index (κ3) is 13.4. The molecule has 0 bridgehead atoms. The second kappa shape index (κ2) is 23.5. The topological polar surface area (TPSA) is 349 Å². The molecule has 2 fully saturated rings. The fraction of sp³-hybridized carbons (Fsp3) is 0.658. The van der Waals surface area contributed by atoms with Crippen LogP contribution in [-0.4, -0.2) is 165 Å². The Kier molecular flexibility index (Phi) is 18.4. The predicted octanol–water partition coefficient (Wildman–Crippen LogP) is -1.01. The van der Waals surface area contributed by atoms with E-state index in [9.17, 15) is 43.5 Å². The number of nitrogens with zero attached hydrogens (tertiary/aromatic N) is 6. The Labute approximate surface area is 375 Å². The summed E-state index contributed by atoms with van der Waals surface area (Å²) in [7, 11) is -4.50. The van der Waals surface area contributed by atoms with Crippen molar-refractivity contribution in [3.05, 3.63) is 49.3 Å². The fourth-order valence-corrected chi connectivity index (χ4v) is 7.91. The van der Waals surface area contributed by atoms with Crippen LogP contribution in [0.3, 0.4) is 0 Å². The molecular weight excluding hydrogens is 901 g/mol. The van der Waals surface area contributed by atoms with E-state index in [2.05, 4.69) is 25.3 Å². The zero-order valence-corrected chi connectivity index (χ0v) is 37.8. The number of esters is 2. The number of fused-ring (bicyclic) bond motifs is 1. The van der Waals surface area contributed by atoms with Crippen molar-refractivity contribution in [1.29, 1.82) is 5.26 Å². The zero-order valence-electron chi connectivity index (χ0n) is 36.9. The second-order valence-corrected chi connectivity index (χ2v) is 17.1. The SMILES string of the molecule is CC(=O)O[C@@H]1[C@H](OC(C)=O)[C@@H](COP(=O)(OCCC#N)OCCOCCOCCN2C[C@H](n3cc(C)c(=O)[nH]c3=O)OC(CO)(CO)C2)O[C@H]1n1cnc2c(=O)[nH]c(NC(=O)C(C)C)nc21. The van der Waals surface area contributed by atoms with Crippen molar-refractivity contribution < 1.29 is 71.2 Å². The lowest BCUT2D eigenvalue weighted by Gasteiger charge is -2.44. The number of aliphatic hydroxyl groups excluding tert-OH is 2. The number of aromatic amines is 2. The van der Waals surface area contributed by atoms with Gasteiger partial charge in [0.05, 0.1) is 78.3 Å².